The first-order valence-corrected chi connectivity index (χ1v) is 10.8. The first-order valence-electron chi connectivity index (χ1n) is 10.0. The Bertz CT molecular complexity index is 815. The highest BCUT2D eigenvalue weighted by atomic mass is 32.1. The van der Waals surface area contributed by atoms with Crippen molar-refractivity contribution >= 4 is 17.3 Å². The molecule has 1 aromatic heterocycles. The largest absolute Gasteiger partial charge is 0.497 e. The molecule has 1 saturated heterocycles. The highest BCUT2D eigenvalue weighted by Crippen LogP contribution is 2.25. The van der Waals surface area contributed by atoms with E-state index in [-0.39, 0.29) is 0 Å². The van der Waals surface area contributed by atoms with Crippen LogP contribution in [-0.2, 0) is 13.1 Å². The quantitative estimate of drug-likeness (QED) is 0.552. The van der Waals surface area contributed by atoms with E-state index < -0.39 is 0 Å². The van der Waals surface area contributed by atoms with Gasteiger partial charge in [0.05, 0.1) is 20.8 Å². The van der Waals surface area contributed by atoms with Crippen LogP contribution in [0.15, 0.2) is 29.4 Å². The molecule has 1 aliphatic rings. The summed E-state index contributed by atoms with van der Waals surface area (Å²) >= 11 is 1.71. The third kappa shape index (κ3) is 5.83. The van der Waals surface area contributed by atoms with Gasteiger partial charge in [-0.1, -0.05) is 0 Å². The van der Waals surface area contributed by atoms with Gasteiger partial charge in [0.25, 0.3) is 0 Å². The van der Waals surface area contributed by atoms with Gasteiger partial charge < -0.3 is 19.7 Å². The molecule has 0 unspecified atom stereocenters. The van der Waals surface area contributed by atoms with Crippen molar-refractivity contribution in [3.8, 4) is 11.5 Å². The number of nitrogens with one attached hydrogen (secondary N) is 1. The number of hydrogen-bond donors (Lipinski definition) is 1. The monoisotopic (exact) mass is 417 g/mol. The van der Waals surface area contributed by atoms with Crippen LogP contribution in [0.3, 0.4) is 0 Å². The van der Waals surface area contributed by atoms with E-state index >= 15 is 0 Å². The molecule has 0 atom stereocenters. The number of hydrogen-bond acceptors (Lipinski definition) is 6. The van der Waals surface area contributed by atoms with Gasteiger partial charge in [0.1, 0.15) is 16.5 Å². The third-order valence-corrected chi connectivity index (χ3v) is 5.82. The fourth-order valence-electron chi connectivity index (χ4n) is 3.41. The Morgan fingerprint density at radius 2 is 2.00 bits per heavy atom. The van der Waals surface area contributed by atoms with Crippen molar-refractivity contribution in [3.05, 3.63) is 39.8 Å². The second-order valence-electron chi connectivity index (χ2n) is 6.98. The van der Waals surface area contributed by atoms with Gasteiger partial charge in [0.2, 0.25) is 0 Å². The zero-order chi connectivity index (χ0) is 20.6. The predicted molar refractivity (Wildman–Crippen MR) is 118 cm³/mol. The molecule has 0 saturated carbocycles. The van der Waals surface area contributed by atoms with E-state index in [4.69, 9.17) is 14.5 Å². The van der Waals surface area contributed by atoms with Crippen LogP contribution in [0.4, 0.5) is 0 Å². The Labute approximate surface area is 177 Å². The molecule has 0 spiro atoms. The molecule has 1 aliphatic heterocycles. The number of benzene rings is 1. The van der Waals surface area contributed by atoms with Crippen molar-refractivity contribution in [2.75, 3.05) is 46.9 Å². The van der Waals surface area contributed by atoms with Crippen LogP contribution in [-0.4, -0.2) is 67.7 Å². The molecular formula is C21H31N5O2S. The lowest BCUT2D eigenvalue weighted by molar-refractivity contribution is 0.171. The molecule has 29 heavy (non-hydrogen) atoms. The van der Waals surface area contributed by atoms with Gasteiger partial charge >= 0.3 is 0 Å². The van der Waals surface area contributed by atoms with E-state index in [2.05, 4.69) is 40.0 Å². The van der Waals surface area contributed by atoms with Crippen molar-refractivity contribution in [1.29, 1.82) is 0 Å². The lowest BCUT2D eigenvalue weighted by Gasteiger charge is -2.36. The highest BCUT2D eigenvalue weighted by molar-refractivity contribution is 7.11. The maximum absolute atomic E-state index is 5.53. The van der Waals surface area contributed by atoms with Crippen molar-refractivity contribution < 1.29 is 9.47 Å². The van der Waals surface area contributed by atoms with Gasteiger partial charge in [-0.2, -0.15) is 0 Å². The van der Waals surface area contributed by atoms with Crippen LogP contribution in [0.1, 0.15) is 22.4 Å². The van der Waals surface area contributed by atoms with Gasteiger partial charge in [-0.25, -0.2) is 9.98 Å². The second-order valence-corrected chi connectivity index (χ2v) is 8.30. The molecule has 8 heteroatoms. The Morgan fingerprint density at radius 1 is 1.21 bits per heavy atom. The molecule has 1 fully saturated rings. The first kappa shape index (κ1) is 21.4. The van der Waals surface area contributed by atoms with Crippen molar-refractivity contribution in [1.82, 2.24) is 20.1 Å². The number of rotatable bonds is 7. The molecule has 0 bridgehead atoms. The Balaban J connectivity index is 1.59. The zero-order valence-electron chi connectivity index (χ0n) is 17.8. The fraction of sp³-hybridized carbons (Fsp3) is 0.524. The van der Waals surface area contributed by atoms with E-state index in [1.807, 2.05) is 18.3 Å². The third-order valence-electron chi connectivity index (χ3n) is 4.92. The van der Waals surface area contributed by atoms with Crippen LogP contribution in [0, 0.1) is 6.92 Å². The van der Waals surface area contributed by atoms with Crippen LogP contribution in [0.25, 0.3) is 0 Å². The molecule has 0 radical (unpaired) electrons. The molecule has 0 aliphatic carbocycles. The van der Waals surface area contributed by atoms with Gasteiger partial charge in [0.15, 0.2) is 5.96 Å². The molecule has 2 aromatic rings. The minimum absolute atomic E-state index is 0.627. The fourth-order valence-corrected chi connectivity index (χ4v) is 4.12. The SMILES string of the molecule is CCNC(=NCc1ncc(C)s1)N1CCN(Cc2cc(OC)ccc2OC)CC1. The number of aryl methyl sites for hydroxylation is 1. The number of aliphatic imine (C=N–C) groups is 1. The Kier molecular flexibility index (Phi) is 7.71. The Morgan fingerprint density at radius 3 is 2.62 bits per heavy atom. The summed E-state index contributed by atoms with van der Waals surface area (Å²) in [6, 6.07) is 5.97. The van der Waals surface area contributed by atoms with Gasteiger partial charge in [0, 0.05) is 55.9 Å². The summed E-state index contributed by atoms with van der Waals surface area (Å²) in [4.78, 5) is 15.2. The Hall–Kier alpha value is -2.32. The molecule has 158 valence electrons. The summed E-state index contributed by atoms with van der Waals surface area (Å²) in [6.45, 7) is 10.3. The maximum atomic E-state index is 5.53. The van der Waals surface area contributed by atoms with E-state index in [0.717, 1.165) is 67.3 Å². The van der Waals surface area contributed by atoms with Gasteiger partial charge in [-0.15, -0.1) is 11.3 Å². The van der Waals surface area contributed by atoms with E-state index in [9.17, 15) is 0 Å². The number of nitrogens with zero attached hydrogens (tertiary/aromatic N) is 4. The second kappa shape index (κ2) is 10.5. The number of methoxy groups -OCH3 is 2. The summed E-state index contributed by atoms with van der Waals surface area (Å²) in [5, 5.41) is 4.48. The highest BCUT2D eigenvalue weighted by Gasteiger charge is 2.21. The van der Waals surface area contributed by atoms with Crippen LogP contribution in [0.5, 0.6) is 11.5 Å². The molecule has 0 amide bonds. The standard InChI is InChI=1S/C21H31N5O2S/c1-5-22-21(24-14-20-23-13-16(2)29-20)26-10-8-25(9-11-26)15-17-12-18(27-3)6-7-19(17)28-4/h6-7,12-13H,5,8-11,14-15H2,1-4H3,(H,22,24). The average molecular weight is 418 g/mol. The minimum Gasteiger partial charge on any atom is -0.497 e. The van der Waals surface area contributed by atoms with E-state index in [1.165, 1.54) is 4.88 Å². The molecule has 7 nitrogen and oxygen atoms in total. The summed E-state index contributed by atoms with van der Waals surface area (Å²) in [5.74, 6) is 2.74. The first-order chi connectivity index (χ1) is 14.1. The van der Waals surface area contributed by atoms with Gasteiger partial charge in [-0.05, 0) is 32.0 Å². The molecule has 1 aromatic carbocycles. The van der Waals surface area contributed by atoms with Crippen LogP contribution >= 0.6 is 11.3 Å². The summed E-state index contributed by atoms with van der Waals surface area (Å²) in [5.41, 5.74) is 1.15. The predicted octanol–water partition coefficient (Wildman–Crippen LogP) is 2.75. The summed E-state index contributed by atoms with van der Waals surface area (Å²) in [7, 11) is 3.41. The minimum atomic E-state index is 0.627. The molecule has 1 N–H and O–H groups in total. The topological polar surface area (TPSA) is 62.2 Å². The molecule has 3 rings (SSSR count). The van der Waals surface area contributed by atoms with Gasteiger partial charge in [-0.3, -0.25) is 4.90 Å². The lowest BCUT2D eigenvalue weighted by atomic mass is 10.1. The van der Waals surface area contributed by atoms with Crippen LogP contribution < -0.4 is 14.8 Å². The van der Waals surface area contributed by atoms with E-state index in [1.54, 1.807) is 25.6 Å². The average Bonchev–Trinajstić information content (AvgIpc) is 3.17. The van der Waals surface area contributed by atoms with Crippen molar-refractivity contribution in [3.63, 3.8) is 0 Å². The van der Waals surface area contributed by atoms with Crippen molar-refractivity contribution in [2.24, 2.45) is 4.99 Å². The summed E-state index contributed by atoms with van der Waals surface area (Å²) < 4.78 is 10.9. The molecular weight excluding hydrogens is 386 g/mol. The van der Waals surface area contributed by atoms with E-state index in [0.29, 0.717) is 6.54 Å². The number of thiazole rings is 1. The number of guanidine groups is 1. The maximum Gasteiger partial charge on any atom is 0.194 e. The van der Waals surface area contributed by atoms with Crippen LogP contribution in [0.2, 0.25) is 0 Å². The number of aromatic nitrogens is 1. The van der Waals surface area contributed by atoms with Crippen molar-refractivity contribution in [2.45, 2.75) is 26.9 Å². The smallest absolute Gasteiger partial charge is 0.194 e. The normalized spacial score (nSPS) is 15.4. The number of piperazine rings is 1. The number of ether oxygens (including phenoxy) is 2. The zero-order valence-corrected chi connectivity index (χ0v) is 18.6. The molecule has 2 heterocycles. The lowest BCUT2D eigenvalue weighted by Crippen LogP contribution is -2.52. The summed E-state index contributed by atoms with van der Waals surface area (Å²) in [6.07, 6.45) is 1.91.